The third-order valence-corrected chi connectivity index (χ3v) is 11.6. The number of nitrogens with one attached hydrogen (secondary N) is 1. The van der Waals surface area contributed by atoms with Crippen LogP contribution in [0.15, 0.2) is 72.3 Å². The summed E-state index contributed by atoms with van der Waals surface area (Å²) in [5.41, 5.74) is -5.30. The monoisotopic (exact) mass is 691 g/mol. The van der Waals surface area contributed by atoms with Gasteiger partial charge in [-0.05, 0) is 86.9 Å². The molecule has 6 rings (SSSR count). The van der Waals surface area contributed by atoms with E-state index in [0.29, 0.717) is 19.3 Å². The number of aliphatic hydroxyl groups excluding tert-OH is 1. The van der Waals surface area contributed by atoms with Crippen molar-refractivity contribution >= 4 is 40.5 Å². The molecule has 0 spiro atoms. The van der Waals surface area contributed by atoms with E-state index in [-0.39, 0.29) is 46.9 Å². The first-order valence-electron chi connectivity index (χ1n) is 15.7. The van der Waals surface area contributed by atoms with Crippen molar-refractivity contribution in [3.8, 4) is 0 Å². The predicted molar refractivity (Wildman–Crippen MR) is 172 cm³/mol. The maximum atomic E-state index is 16.9. The molecule has 0 amide bonds. The highest BCUT2D eigenvalue weighted by molar-refractivity contribution is 6.29. The topological polar surface area (TPSA) is 124 Å². The van der Waals surface area contributed by atoms with E-state index < -0.39 is 57.6 Å². The molecule has 4 N–H and O–H groups in total. The van der Waals surface area contributed by atoms with Crippen LogP contribution in [0.25, 0.3) is 0 Å². The number of allylic oxidation sites excluding steroid dienone is 4. The predicted octanol–water partition coefficient (Wildman–Crippen LogP) is 7.29. The summed E-state index contributed by atoms with van der Waals surface area (Å²) in [6, 6.07) is 10.6. The number of carbonyl (C=O) groups is 3. The van der Waals surface area contributed by atoms with Gasteiger partial charge in [-0.2, -0.15) is 13.2 Å². The number of carboxylic acids is 1. The van der Waals surface area contributed by atoms with Crippen LogP contribution in [0, 0.1) is 28.6 Å². The van der Waals surface area contributed by atoms with Gasteiger partial charge in [0.15, 0.2) is 17.2 Å². The first-order valence-corrected chi connectivity index (χ1v) is 16.3. The first-order chi connectivity index (χ1) is 22.3. The van der Waals surface area contributed by atoms with E-state index >= 15 is 4.39 Å². The molecule has 0 aliphatic heterocycles. The number of rotatable bonds is 5. The van der Waals surface area contributed by atoms with Crippen LogP contribution in [0.4, 0.5) is 28.9 Å². The number of aliphatic hydroxyl groups is 2. The van der Waals surface area contributed by atoms with Crippen molar-refractivity contribution in [3.05, 3.63) is 83.5 Å². The molecule has 0 heterocycles. The molecule has 7 nitrogen and oxygen atoms in total. The maximum absolute atomic E-state index is 16.9. The molecule has 0 saturated heterocycles. The number of anilines is 2. The smallest absolute Gasteiger partial charge is 0.416 e. The highest BCUT2D eigenvalue weighted by Gasteiger charge is 2.75. The van der Waals surface area contributed by atoms with Gasteiger partial charge < -0.3 is 20.6 Å². The third kappa shape index (κ3) is 5.47. The molecule has 8 atom stereocenters. The van der Waals surface area contributed by atoms with Crippen LogP contribution >= 0.6 is 11.6 Å². The largest absolute Gasteiger partial charge is 0.478 e. The van der Waals surface area contributed by atoms with Gasteiger partial charge in [-0.15, -0.1) is 11.6 Å². The zero-order valence-corrected chi connectivity index (χ0v) is 27.4. The fourth-order valence-electron chi connectivity index (χ4n) is 8.95. The zero-order valence-electron chi connectivity index (χ0n) is 26.7. The van der Waals surface area contributed by atoms with Crippen LogP contribution in [0.1, 0.15) is 62.4 Å². The van der Waals surface area contributed by atoms with Crippen molar-refractivity contribution < 1.29 is 47.3 Å². The Morgan fingerprint density at radius 1 is 1.08 bits per heavy atom. The Bertz CT molecular complexity index is 1690. The van der Waals surface area contributed by atoms with Crippen LogP contribution in [0.3, 0.4) is 0 Å². The fraction of sp³-hybridized carbons (Fsp3) is 0.472. The van der Waals surface area contributed by atoms with E-state index in [0.717, 1.165) is 17.7 Å². The lowest BCUT2D eigenvalue weighted by Gasteiger charge is -2.62. The zero-order chi connectivity index (χ0) is 35.4. The van der Waals surface area contributed by atoms with E-state index in [1.54, 1.807) is 25.1 Å². The SMILES string of the molecule is C[C@H]1C[C@H]2[C@@H]3CCC4=CC(=O)C=C[C@]4(C)[C@@]3(F)[C@@H](O)C[C@]2(C)[C@@]1(O)C(=O)CCl.O=C(O)c1ccccc1Nc1cccc(C(F)(F)F)c1. The summed E-state index contributed by atoms with van der Waals surface area (Å²) in [5.74, 6) is -3.19. The summed E-state index contributed by atoms with van der Waals surface area (Å²) in [6.45, 7) is 5.38. The van der Waals surface area contributed by atoms with Crippen molar-refractivity contribution in [2.45, 2.75) is 70.0 Å². The number of Topliss-reactive ketones (excluding diaryl/α,β-unsaturated/α-hetero) is 1. The van der Waals surface area contributed by atoms with E-state index in [1.165, 1.54) is 36.4 Å². The summed E-state index contributed by atoms with van der Waals surface area (Å²) in [6.07, 6.45) is 0.245. The Morgan fingerprint density at radius 2 is 1.77 bits per heavy atom. The van der Waals surface area contributed by atoms with Crippen LogP contribution in [0.5, 0.6) is 0 Å². The molecular weight excluding hydrogens is 654 g/mol. The van der Waals surface area contributed by atoms with Gasteiger partial charge in [-0.1, -0.05) is 43.7 Å². The second-order valence-corrected chi connectivity index (χ2v) is 14.0. The summed E-state index contributed by atoms with van der Waals surface area (Å²) >= 11 is 5.81. The van der Waals surface area contributed by atoms with E-state index in [4.69, 9.17) is 16.7 Å². The lowest BCUT2D eigenvalue weighted by molar-refractivity contribution is -0.218. The summed E-state index contributed by atoms with van der Waals surface area (Å²) in [5, 5.41) is 34.3. The Morgan fingerprint density at radius 3 is 2.42 bits per heavy atom. The number of benzene rings is 2. The standard InChI is InChI=1S/C22H28ClFO4.C14H10F3NO2/c1-12-8-16-15-5-4-13-9-14(25)6-7-19(13,2)21(15,24)17(26)10-20(16,3)22(12,28)18(27)11-23;15-14(16,17)9-4-3-5-10(8-9)18-12-7-2-1-6-11(12)13(19)20/h6-7,9,12,15-17,26,28H,4-5,8,10-11H2,1-3H3;1-8,18H,(H,19,20)/t12-,15-,16-,17-,19-,20-,21-,22-;/m0./s1. The number of ketones is 2. The minimum atomic E-state index is -4.44. The Kier molecular flexibility index (Phi) is 9.24. The second-order valence-electron chi connectivity index (χ2n) is 13.8. The molecule has 0 unspecified atom stereocenters. The Hall–Kier alpha value is -3.54. The Labute approximate surface area is 280 Å². The van der Waals surface area contributed by atoms with Gasteiger partial charge in [-0.25, -0.2) is 9.18 Å². The molecule has 4 aliphatic carbocycles. The average Bonchev–Trinajstić information content (AvgIpc) is 3.23. The molecule has 0 radical (unpaired) electrons. The van der Waals surface area contributed by atoms with Gasteiger partial charge in [0.2, 0.25) is 0 Å². The van der Waals surface area contributed by atoms with Gasteiger partial charge in [0.1, 0.15) is 5.60 Å². The third-order valence-electron chi connectivity index (χ3n) is 11.4. The lowest BCUT2D eigenvalue weighted by Crippen LogP contribution is -2.69. The van der Waals surface area contributed by atoms with Gasteiger partial charge in [-0.3, -0.25) is 9.59 Å². The number of hydrogen-bond donors (Lipinski definition) is 4. The van der Waals surface area contributed by atoms with Gasteiger partial charge in [0.05, 0.1) is 28.8 Å². The van der Waals surface area contributed by atoms with Crippen molar-refractivity contribution in [3.63, 3.8) is 0 Å². The van der Waals surface area contributed by atoms with Crippen molar-refractivity contribution in [1.82, 2.24) is 0 Å². The lowest BCUT2D eigenvalue weighted by atomic mass is 9.44. The summed E-state index contributed by atoms with van der Waals surface area (Å²) < 4.78 is 54.7. The normalized spacial score (nSPS) is 35.3. The molecule has 0 aromatic heterocycles. The molecule has 258 valence electrons. The van der Waals surface area contributed by atoms with Crippen LogP contribution in [-0.2, 0) is 15.8 Å². The number of alkyl halides is 5. The molecule has 4 aliphatic rings. The van der Waals surface area contributed by atoms with Gasteiger partial charge >= 0.3 is 12.1 Å². The summed E-state index contributed by atoms with van der Waals surface area (Å²) in [7, 11) is 0. The number of aromatic carboxylic acids is 1. The average molecular weight is 692 g/mol. The van der Waals surface area contributed by atoms with Gasteiger partial charge in [0.25, 0.3) is 0 Å². The minimum absolute atomic E-state index is 0.00934. The van der Waals surface area contributed by atoms with E-state index in [2.05, 4.69) is 5.32 Å². The molecule has 2 aromatic carbocycles. The molecule has 2 aromatic rings. The minimum Gasteiger partial charge on any atom is -0.478 e. The van der Waals surface area contributed by atoms with E-state index in [1.807, 2.05) is 13.8 Å². The fourth-order valence-corrected chi connectivity index (χ4v) is 9.15. The quantitative estimate of drug-likeness (QED) is 0.192. The first kappa shape index (κ1) is 35.8. The number of carbonyl (C=O) groups excluding carboxylic acids is 2. The summed E-state index contributed by atoms with van der Waals surface area (Å²) in [4.78, 5) is 35.5. The molecule has 3 fully saturated rings. The van der Waals surface area contributed by atoms with Crippen molar-refractivity contribution in [2.24, 2.45) is 28.6 Å². The molecule has 0 bridgehead atoms. The number of fused-ring (bicyclic) bond motifs is 5. The Balaban J connectivity index is 0.000000199. The second kappa shape index (κ2) is 12.4. The van der Waals surface area contributed by atoms with Crippen LogP contribution in [-0.4, -0.2) is 56.1 Å². The van der Waals surface area contributed by atoms with Crippen molar-refractivity contribution in [1.29, 1.82) is 0 Å². The van der Waals surface area contributed by atoms with Crippen molar-refractivity contribution in [2.75, 3.05) is 11.2 Å². The van der Waals surface area contributed by atoms with Gasteiger partial charge in [0, 0.05) is 22.4 Å². The number of para-hydroxylation sites is 1. The maximum Gasteiger partial charge on any atom is 0.416 e. The van der Waals surface area contributed by atoms with Crippen LogP contribution < -0.4 is 5.32 Å². The number of carboxylic acid groups (broad SMARTS) is 1. The molecule has 48 heavy (non-hydrogen) atoms. The molecule has 3 saturated carbocycles. The highest BCUT2D eigenvalue weighted by Crippen LogP contribution is 2.70. The van der Waals surface area contributed by atoms with E-state index in [9.17, 15) is 37.8 Å². The highest BCUT2D eigenvalue weighted by atomic mass is 35.5. The number of halogens is 5. The molecule has 12 heteroatoms. The number of hydrogen-bond acceptors (Lipinski definition) is 6. The van der Waals surface area contributed by atoms with Crippen LogP contribution in [0.2, 0.25) is 0 Å². The molecular formula is C36H38ClF4NO6.